The molecule has 1 heterocycles. The van der Waals surface area contributed by atoms with Crippen molar-refractivity contribution in [3.05, 3.63) is 69.1 Å². The Kier molecular flexibility index (Phi) is 3.47. The molecule has 1 aromatic heterocycles. The topological polar surface area (TPSA) is 30.2 Å². The highest BCUT2D eigenvalue weighted by Gasteiger charge is 2.21. The van der Waals surface area contributed by atoms with Crippen LogP contribution in [0.25, 0.3) is 11.0 Å². The fourth-order valence-electron chi connectivity index (χ4n) is 2.21. The average Bonchev–Trinajstić information content (AvgIpc) is 2.77. The maximum atomic E-state index is 13.2. The molecule has 0 bridgehead atoms. The highest BCUT2D eigenvalue weighted by molar-refractivity contribution is 6.36. The van der Waals surface area contributed by atoms with Crippen molar-refractivity contribution in [1.29, 1.82) is 0 Å². The Morgan fingerprint density at radius 1 is 1.14 bits per heavy atom. The average molecular weight is 323 g/mol. The van der Waals surface area contributed by atoms with Crippen LogP contribution in [0.5, 0.6) is 0 Å². The van der Waals surface area contributed by atoms with Gasteiger partial charge in [0.25, 0.3) is 0 Å². The highest BCUT2D eigenvalue weighted by Crippen LogP contribution is 2.30. The van der Waals surface area contributed by atoms with Crippen LogP contribution in [0.3, 0.4) is 0 Å². The Bertz CT molecular complexity index is 868. The van der Waals surface area contributed by atoms with E-state index in [1.54, 1.807) is 25.1 Å². The van der Waals surface area contributed by atoms with Crippen LogP contribution in [0.1, 0.15) is 21.7 Å². The number of furan rings is 1. The quantitative estimate of drug-likeness (QED) is 0.590. The second-order valence-electron chi connectivity index (χ2n) is 4.65. The van der Waals surface area contributed by atoms with Gasteiger partial charge in [-0.3, -0.25) is 4.79 Å². The molecule has 0 saturated carbocycles. The molecule has 0 aliphatic carbocycles. The van der Waals surface area contributed by atoms with Gasteiger partial charge in [0.1, 0.15) is 11.4 Å². The molecular weight excluding hydrogens is 314 g/mol. The smallest absolute Gasteiger partial charge is 0.230 e. The number of ketones is 1. The van der Waals surface area contributed by atoms with Crippen LogP contribution in [-0.2, 0) is 0 Å². The zero-order valence-electron chi connectivity index (χ0n) is 10.9. The standard InChI is InChI=1S/C16H9Cl2FO2/c1-8-11-4-3-10(19)7-14(11)21-16(8)15(20)12-6-9(17)2-5-13(12)18/h2-7H,1H3. The molecule has 0 atom stereocenters. The predicted molar refractivity (Wildman–Crippen MR) is 80.8 cm³/mol. The largest absolute Gasteiger partial charge is 0.452 e. The molecule has 0 N–H and O–H groups in total. The fourth-order valence-corrected chi connectivity index (χ4v) is 2.59. The van der Waals surface area contributed by atoms with Crippen LogP contribution in [-0.4, -0.2) is 5.78 Å². The van der Waals surface area contributed by atoms with Gasteiger partial charge in [0.15, 0.2) is 5.76 Å². The van der Waals surface area contributed by atoms with E-state index in [9.17, 15) is 9.18 Å². The molecular formula is C16H9Cl2FO2. The molecule has 106 valence electrons. The van der Waals surface area contributed by atoms with Gasteiger partial charge in [-0.15, -0.1) is 0 Å². The maximum absolute atomic E-state index is 13.2. The van der Waals surface area contributed by atoms with Crippen LogP contribution in [0.15, 0.2) is 40.8 Å². The van der Waals surface area contributed by atoms with Gasteiger partial charge in [0, 0.05) is 27.6 Å². The Balaban J connectivity index is 2.18. The lowest BCUT2D eigenvalue weighted by Crippen LogP contribution is -2.02. The minimum absolute atomic E-state index is 0.139. The first-order valence-corrected chi connectivity index (χ1v) is 6.91. The maximum Gasteiger partial charge on any atom is 0.230 e. The third-order valence-corrected chi connectivity index (χ3v) is 3.84. The summed E-state index contributed by atoms with van der Waals surface area (Å²) in [6.07, 6.45) is 0. The summed E-state index contributed by atoms with van der Waals surface area (Å²) < 4.78 is 18.7. The second-order valence-corrected chi connectivity index (χ2v) is 5.49. The Morgan fingerprint density at radius 2 is 1.90 bits per heavy atom. The van der Waals surface area contributed by atoms with Crippen molar-refractivity contribution in [2.75, 3.05) is 0 Å². The second kappa shape index (κ2) is 5.17. The summed E-state index contributed by atoms with van der Waals surface area (Å²) in [6, 6.07) is 8.79. The third-order valence-electron chi connectivity index (χ3n) is 3.28. The van der Waals surface area contributed by atoms with Crippen LogP contribution >= 0.6 is 23.2 Å². The number of carbonyl (C=O) groups is 1. The lowest BCUT2D eigenvalue weighted by Gasteiger charge is -2.02. The van der Waals surface area contributed by atoms with Gasteiger partial charge in [-0.1, -0.05) is 23.2 Å². The Labute approximate surface area is 130 Å². The molecule has 0 aliphatic heterocycles. The molecule has 5 heteroatoms. The van der Waals surface area contributed by atoms with Gasteiger partial charge in [0.05, 0.1) is 5.02 Å². The van der Waals surface area contributed by atoms with Crippen LogP contribution in [0.2, 0.25) is 10.0 Å². The van der Waals surface area contributed by atoms with Gasteiger partial charge >= 0.3 is 0 Å². The number of carbonyl (C=O) groups excluding carboxylic acids is 1. The minimum atomic E-state index is -0.420. The van der Waals surface area contributed by atoms with E-state index >= 15 is 0 Å². The monoisotopic (exact) mass is 322 g/mol. The van der Waals surface area contributed by atoms with Crippen molar-refractivity contribution >= 4 is 40.0 Å². The molecule has 0 radical (unpaired) electrons. The van der Waals surface area contributed by atoms with Crippen molar-refractivity contribution in [2.24, 2.45) is 0 Å². The zero-order chi connectivity index (χ0) is 15.1. The van der Waals surface area contributed by atoms with E-state index in [4.69, 9.17) is 27.6 Å². The first kappa shape index (κ1) is 14.1. The van der Waals surface area contributed by atoms with Crippen LogP contribution in [0.4, 0.5) is 4.39 Å². The van der Waals surface area contributed by atoms with Gasteiger partial charge in [-0.05, 0) is 37.3 Å². The number of benzene rings is 2. The zero-order valence-corrected chi connectivity index (χ0v) is 12.4. The number of halogens is 3. The van der Waals surface area contributed by atoms with E-state index in [1.165, 1.54) is 18.2 Å². The van der Waals surface area contributed by atoms with Crippen molar-refractivity contribution in [2.45, 2.75) is 6.92 Å². The molecule has 0 aliphatic rings. The molecule has 2 aromatic carbocycles. The van der Waals surface area contributed by atoms with Crippen LogP contribution < -0.4 is 0 Å². The molecule has 0 amide bonds. The van der Waals surface area contributed by atoms with Crippen LogP contribution in [0, 0.1) is 12.7 Å². The van der Waals surface area contributed by atoms with E-state index in [0.717, 1.165) is 0 Å². The highest BCUT2D eigenvalue weighted by atomic mass is 35.5. The van der Waals surface area contributed by atoms with Gasteiger partial charge in [-0.25, -0.2) is 4.39 Å². The number of aryl methyl sites for hydroxylation is 1. The van der Waals surface area contributed by atoms with Crippen molar-refractivity contribution < 1.29 is 13.6 Å². The lowest BCUT2D eigenvalue weighted by atomic mass is 10.0. The third kappa shape index (κ3) is 2.43. The Hall–Kier alpha value is -1.84. The Morgan fingerprint density at radius 3 is 2.67 bits per heavy atom. The molecule has 21 heavy (non-hydrogen) atoms. The first-order chi connectivity index (χ1) is 9.97. The summed E-state index contributed by atoms with van der Waals surface area (Å²) in [4.78, 5) is 12.6. The van der Waals surface area contributed by atoms with Crippen molar-refractivity contribution in [3.8, 4) is 0 Å². The van der Waals surface area contributed by atoms with E-state index in [0.29, 0.717) is 21.6 Å². The number of rotatable bonds is 2. The summed E-state index contributed by atoms with van der Waals surface area (Å²) in [7, 11) is 0. The number of hydrogen-bond acceptors (Lipinski definition) is 2. The predicted octanol–water partition coefficient (Wildman–Crippen LogP) is 5.42. The SMILES string of the molecule is Cc1c(C(=O)c2cc(Cl)ccc2Cl)oc2cc(F)ccc12. The van der Waals surface area contributed by atoms with E-state index in [2.05, 4.69) is 0 Å². The summed E-state index contributed by atoms with van der Waals surface area (Å²) in [5.41, 5.74) is 1.23. The molecule has 3 aromatic rings. The molecule has 0 fully saturated rings. The van der Waals surface area contributed by atoms with Crippen molar-refractivity contribution in [3.63, 3.8) is 0 Å². The molecule has 2 nitrogen and oxygen atoms in total. The van der Waals surface area contributed by atoms with E-state index in [1.807, 2.05) is 0 Å². The summed E-state index contributed by atoms with van der Waals surface area (Å²) in [5.74, 6) is -0.660. The minimum Gasteiger partial charge on any atom is -0.452 e. The van der Waals surface area contributed by atoms with Gasteiger partial charge in [0.2, 0.25) is 5.78 Å². The fraction of sp³-hybridized carbons (Fsp3) is 0.0625. The molecule has 0 spiro atoms. The summed E-state index contributed by atoms with van der Waals surface area (Å²) >= 11 is 11.9. The molecule has 3 rings (SSSR count). The van der Waals surface area contributed by atoms with Crippen molar-refractivity contribution in [1.82, 2.24) is 0 Å². The normalized spacial score (nSPS) is 11.0. The van der Waals surface area contributed by atoms with Gasteiger partial charge in [-0.2, -0.15) is 0 Å². The first-order valence-electron chi connectivity index (χ1n) is 6.16. The van der Waals surface area contributed by atoms with Gasteiger partial charge < -0.3 is 4.42 Å². The number of hydrogen-bond donors (Lipinski definition) is 0. The lowest BCUT2D eigenvalue weighted by molar-refractivity contribution is 0.101. The molecule has 0 saturated heterocycles. The summed E-state index contributed by atoms with van der Waals surface area (Å²) in [5, 5.41) is 1.39. The summed E-state index contributed by atoms with van der Waals surface area (Å²) in [6.45, 7) is 1.75. The number of fused-ring (bicyclic) bond motifs is 1. The van der Waals surface area contributed by atoms with E-state index in [-0.39, 0.29) is 22.1 Å². The van der Waals surface area contributed by atoms with E-state index < -0.39 is 5.82 Å². The molecule has 0 unspecified atom stereocenters.